The number of rotatable bonds is 7. The van der Waals surface area contributed by atoms with Crippen LogP contribution in [0.25, 0.3) is 0 Å². The highest BCUT2D eigenvalue weighted by molar-refractivity contribution is 7.09. The molecule has 2 unspecified atom stereocenters. The summed E-state index contributed by atoms with van der Waals surface area (Å²) in [5.41, 5.74) is 0. The zero-order valence-corrected chi connectivity index (χ0v) is 12.3. The van der Waals surface area contributed by atoms with E-state index < -0.39 is 5.97 Å². The highest BCUT2D eigenvalue weighted by Crippen LogP contribution is 2.31. The van der Waals surface area contributed by atoms with Crippen LogP contribution in [0, 0.1) is 11.8 Å². The van der Waals surface area contributed by atoms with E-state index in [1.54, 1.807) is 11.3 Å². The van der Waals surface area contributed by atoms with Gasteiger partial charge in [-0.1, -0.05) is 12.5 Å². The van der Waals surface area contributed by atoms with Crippen molar-refractivity contribution in [2.45, 2.75) is 38.5 Å². The fourth-order valence-electron chi connectivity index (χ4n) is 2.82. The number of carboxylic acids is 1. The van der Waals surface area contributed by atoms with E-state index in [0.717, 1.165) is 32.1 Å². The van der Waals surface area contributed by atoms with Crippen molar-refractivity contribution in [3.8, 4) is 0 Å². The lowest BCUT2D eigenvalue weighted by atomic mass is 9.96. The SMILES string of the molecule is O=C(CCCc1cccs1)NCC1CCCC1C(=O)O. The van der Waals surface area contributed by atoms with Gasteiger partial charge in [0.05, 0.1) is 5.92 Å². The molecule has 4 nitrogen and oxygen atoms in total. The molecule has 0 radical (unpaired) electrons. The first-order chi connectivity index (χ1) is 9.66. The van der Waals surface area contributed by atoms with E-state index in [-0.39, 0.29) is 17.7 Å². The Kier molecular flexibility index (Phi) is 5.59. The second-order valence-electron chi connectivity index (χ2n) is 5.37. The van der Waals surface area contributed by atoms with Gasteiger partial charge in [0.2, 0.25) is 5.91 Å². The quantitative estimate of drug-likeness (QED) is 0.812. The zero-order valence-electron chi connectivity index (χ0n) is 11.5. The third kappa shape index (κ3) is 4.34. The minimum absolute atomic E-state index is 0.0394. The van der Waals surface area contributed by atoms with E-state index >= 15 is 0 Å². The molecule has 1 aromatic rings. The maximum Gasteiger partial charge on any atom is 0.306 e. The summed E-state index contributed by atoms with van der Waals surface area (Å²) >= 11 is 1.71. The lowest BCUT2D eigenvalue weighted by Crippen LogP contribution is -2.32. The molecule has 1 saturated carbocycles. The van der Waals surface area contributed by atoms with Crippen LogP contribution in [0.4, 0.5) is 0 Å². The Labute approximate surface area is 123 Å². The lowest BCUT2D eigenvalue weighted by molar-refractivity contribution is -0.143. The summed E-state index contributed by atoms with van der Waals surface area (Å²) in [4.78, 5) is 24.1. The molecule has 2 rings (SSSR count). The highest BCUT2D eigenvalue weighted by Gasteiger charge is 2.32. The molecule has 20 heavy (non-hydrogen) atoms. The first-order valence-electron chi connectivity index (χ1n) is 7.18. The van der Waals surface area contributed by atoms with E-state index in [1.165, 1.54) is 4.88 Å². The van der Waals surface area contributed by atoms with E-state index in [0.29, 0.717) is 13.0 Å². The molecule has 1 aliphatic carbocycles. The first-order valence-corrected chi connectivity index (χ1v) is 8.06. The fourth-order valence-corrected chi connectivity index (χ4v) is 3.57. The van der Waals surface area contributed by atoms with Gasteiger partial charge in [0.25, 0.3) is 0 Å². The maximum absolute atomic E-state index is 11.7. The summed E-state index contributed by atoms with van der Waals surface area (Å²) in [7, 11) is 0. The van der Waals surface area contributed by atoms with Crippen molar-refractivity contribution in [1.82, 2.24) is 5.32 Å². The van der Waals surface area contributed by atoms with Gasteiger partial charge in [0, 0.05) is 17.8 Å². The molecule has 1 aromatic heterocycles. The molecule has 1 fully saturated rings. The summed E-state index contributed by atoms with van der Waals surface area (Å²) < 4.78 is 0. The first kappa shape index (κ1) is 15.0. The van der Waals surface area contributed by atoms with E-state index in [2.05, 4.69) is 11.4 Å². The maximum atomic E-state index is 11.7. The molecule has 0 saturated heterocycles. The molecule has 1 heterocycles. The van der Waals surface area contributed by atoms with Crippen LogP contribution in [0.3, 0.4) is 0 Å². The molecule has 0 aromatic carbocycles. The van der Waals surface area contributed by atoms with Gasteiger partial charge in [-0.05, 0) is 43.0 Å². The van der Waals surface area contributed by atoms with Crippen LogP contribution in [0.15, 0.2) is 17.5 Å². The second-order valence-corrected chi connectivity index (χ2v) is 6.40. The number of hydrogen-bond donors (Lipinski definition) is 2. The Balaban J connectivity index is 1.63. The van der Waals surface area contributed by atoms with Gasteiger partial charge in [-0.25, -0.2) is 0 Å². The monoisotopic (exact) mass is 295 g/mol. The van der Waals surface area contributed by atoms with E-state index in [4.69, 9.17) is 5.11 Å². The molecule has 2 atom stereocenters. The third-order valence-corrected chi connectivity index (χ3v) is 4.88. The number of aryl methyl sites for hydroxylation is 1. The average molecular weight is 295 g/mol. The number of thiophene rings is 1. The standard InChI is InChI=1S/C15H21NO3S/c17-14(8-2-5-12-6-3-9-20-12)16-10-11-4-1-7-13(11)15(18)19/h3,6,9,11,13H,1-2,4-5,7-8,10H2,(H,16,17)(H,18,19). The summed E-state index contributed by atoms with van der Waals surface area (Å²) in [5, 5.41) is 14.0. The lowest BCUT2D eigenvalue weighted by Gasteiger charge is -2.16. The molecule has 0 spiro atoms. The molecule has 110 valence electrons. The number of hydrogen-bond acceptors (Lipinski definition) is 3. The Morgan fingerprint density at radius 2 is 2.25 bits per heavy atom. The minimum atomic E-state index is -0.723. The second kappa shape index (κ2) is 7.43. The predicted octanol–water partition coefficient (Wildman–Crippen LogP) is 2.69. The largest absolute Gasteiger partial charge is 0.481 e. The highest BCUT2D eigenvalue weighted by atomic mass is 32.1. The number of aliphatic carboxylic acids is 1. The number of nitrogens with one attached hydrogen (secondary N) is 1. The molecule has 0 bridgehead atoms. The summed E-state index contributed by atoms with van der Waals surface area (Å²) in [6, 6.07) is 4.10. The van der Waals surface area contributed by atoms with E-state index in [1.807, 2.05) is 11.4 Å². The molecule has 1 amide bonds. The number of carbonyl (C=O) groups is 2. The summed E-state index contributed by atoms with van der Waals surface area (Å²) in [6.07, 6.45) is 4.91. The fraction of sp³-hybridized carbons (Fsp3) is 0.600. The molecule has 5 heteroatoms. The van der Waals surface area contributed by atoms with Crippen molar-refractivity contribution in [3.63, 3.8) is 0 Å². The minimum Gasteiger partial charge on any atom is -0.481 e. The zero-order chi connectivity index (χ0) is 14.4. The van der Waals surface area contributed by atoms with Gasteiger partial charge >= 0.3 is 5.97 Å². The van der Waals surface area contributed by atoms with Gasteiger partial charge in [-0.2, -0.15) is 0 Å². The third-order valence-electron chi connectivity index (χ3n) is 3.94. The normalized spacial score (nSPS) is 21.8. The van der Waals surface area contributed by atoms with Crippen LogP contribution >= 0.6 is 11.3 Å². The van der Waals surface area contributed by atoms with Gasteiger partial charge in [0.1, 0.15) is 0 Å². The smallest absolute Gasteiger partial charge is 0.306 e. The molecule has 0 aliphatic heterocycles. The average Bonchev–Trinajstić information content (AvgIpc) is 3.07. The topological polar surface area (TPSA) is 66.4 Å². The Hall–Kier alpha value is -1.36. The Morgan fingerprint density at radius 3 is 2.95 bits per heavy atom. The van der Waals surface area contributed by atoms with Gasteiger partial charge < -0.3 is 10.4 Å². The van der Waals surface area contributed by atoms with Crippen LogP contribution in [-0.4, -0.2) is 23.5 Å². The van der Waals surface area contributed by atoms with E-state index in [9.17, 15) is 9.59 Å². The van der Waals surface area contributed by atoms with Crippen LogP contribution in [0.1, 0.15) is 37.0 Å². The van der Waals surface area contributed by atoms with Crippen LogP contribution in [-0.2, 0) is 16.0 Å². The summed E-state index contributed by atoms with van der Waals surface area (Å²) in [5.74, 6) is -0.854. The number of carboxylic acid groups (broad SMARTS) is 1. The van der Waals surface area contributed by atoms with Crippen molar-refractivity contribution in [2.75, 3.05) is 6.54 Å². The molecule has 1 aliphatic rings. The van der Waals surface area contributed by atoms with Crippen molar-refractivity contribution in [1.29, 1.82) is 0 Å². The van der Waals surface area contributed by atoms with Crippen LogP contribution in [0.5, 0.6) is 0 Å². The van der Waals surface area contributed by atoms with Crippen molar-refractivity contribution in [2.24, 2.45) is 11.8 Å². The van der Waals surface area contributed by atoms with Crippen LogP contribution in [0.2, 0.25) is 0 Å². The Morgan fingerprint density at radius 1 is 1.40 bits per heavy atom. The van der Waals surface area contributed by atoms with Gasteiger partial charge in [-0.3, -0.25) is 9.59 Å². The predicted molar refractivity (Wildman–Crippen MR) is 78.7 cm³/mol. The van der Waals surface area contributed by atoms with Crippen LogP contribution < -0.4 is 5.32 Å². The molecular formula is C15H21NO3S. The summed E-state index contributed by atoms with van der Waals surface area (Å²) in [6.45, 7) is 0.509. The van der Waals surface area contributed by atoms with Gasteiger partial charge in [-0.15, -0.1) is 11.3 Å². The number of amides is 1. The Bertz CT molecular complexity index is 444. The van der Waals surface area contributed by atoms with Crippen molar-refractivity contribution < 1.29 is 14.7 Å². The number of carbonyl (C=O) groups excluding carboxylic acids is 1. The van der Waals surface area contributed by atoms with Gasteiger partial charge in [0.15, 0.2) is 0 Å². The molecule has 2 N–H and O–H groups in total. The van der Waals surface area contributed by atoms with Crippen molar-refractivity contribution in [3.05, 3.63) is 22.4 Å². The van der Waals surface area contributed by atoms with Crippen molar-refractivity contribution >= 4 is 23.2 Å². The molecular weight excluding hydrogens is 274 g/mol.